The molecule has 3 fully saturated rings. The summed E-state index contributed by atoms with van der Waals surface area (Å²) in [6.45, 7) is 11.0. The van der Waals surface area contributed by atoms with Gasteiger partial charge in [-0.05, 0) is 49.7 Å². The number of nitrogens with zero attached hydrogens (tertiary/aromatic N) is 3. The largest absolute Gasteiger partial charge is 0.493 e. The topological polar surface area (TPSA) is 198 Å². The van der Waals surface area contributed by atoms with Crippen molar-refractivity contribution >= 4 is 57.2 Å². The quantitative estimate of drug-likeness (QED) is 0.195. The Morgan fingerprint density at radius 2 is 1.89 bits per heavy atom. The van der Waals surface area contributed by atoms with Crippen molar-refractivity contribution in [3.63, 3.8) is 0 Å². The van der Waals surface area contributed by atoms with E-state index in [1.54, 1.807) is 11.4 Å². The van der Waals surface area contributed by atoms with E-state index in [2.05, 4.69) is 27.5 Å². The van der Waals surface area contributed by atoms with Crippen LogP contribution in [0.15, 0.2) is 36.2 Å². The molecule has 2 aliphatic heterocycles. The van der Waals surface area contributed by atoms with Crippen molar-refractivity contribution < 1.29 is 43.3 Å². The Hall–Kier alpha value is -5.25. The second-order valence-electron chi connectivity index (χ2n) is 15.8. The summed E-state index contributed by atoms with van der Waals surface area (Å²) in [5.74, 6) is -1.92. The second kappa shape index (κ2) is 14.8. The van der Waals surface area contributed by atoms with Crippen molar-refractivity contribution in [1.82, 2.24) is 25.5 Å². The minimum absolute atomic E-state index is 0.0337. The zero-order chi connectivity index (χ0) is 39.2. The van der Waals surface area contributed by atoms with E-state index in [0.29, 0.717) is 51.9 Å². The number of fused-ring (bicyclic) bond motifs is 3. The van der Waals surface area contributed by atoms with Gasteiger partial charge in [0.05, 0.1) is 24.4 Å². The van der Waals surface area contributed by atoms with Crippen LogP contribution in [0.25, 0.3) is 22.3 Å². The van der Waals surface area contributed by atoms with Gasteiger partial charge in [0.1, 0.15) is 47.0 Å². The molecule has 55 heavy (non-hydrogen) atoms. The maximum absolute atomic E-state index is 14.6. The Kier molecular flexibility index (Phi) is 10.2. The van der Waals surface area contributed by atoms with E-state index >= 15 is 0 Å². The monoisotopic (exact) mass is 774 g/mol. The molecule has 4 aliphatic rings. The summed E-state index contributed by atoms with van der Waals surface area (Å²) in [7, 11) is 0. The number of hydrogen-bond donors (Lipinski definition) is 4. The number of anilines is 1. The number of benzene rings is 1. The van der Waals surface area contributed by atoms with E-state index in [4.69, 9.17) is 19.2 Å². The zero-order valence-electron chi connectivity index (χ0n) is 31.3. The van der Waals surface area contributed by atoms with Crippen LogP contribution in [0.5, 0.6) is 11.5 Å². The smallest absolute Gasteiger partial charge is 0.408 e. The maximum Gasteiger partial charge on any atom is 0.408 e. The molecule has 0 radical (unpaired) electrons. The standard InChI is InChI=1S/C39H46N6O9S/c1-6-21-17-39(21,35(49)50)44-33(47)28-15-23(18-45(28)34(48)32(38(3,4)5)43-37(51)54-22-9-7-8-10-22)53-30-16-26(27-19-55-36(42-27)40-20(2)46)41-31-24(30)11-12-29-25(31)13-14-52-29/h6,11-12,16,19,21-23,28,32H,1,7-10,13-15,17-18H2,2-5H3,(H,43,51)(H,44,47)(H,49,50)(H,40,42,46)/t21-,23-,28+,32-,39-/m1/s1. The van der Waals surface area contributed by atoms with E-state index < -0.39 is 58.9 Å². The Morgan fingerprint density at radius 1 is 1.13 bits per heavy atom. The fourth-order valence-corrected chi connectivity index (χ4v) is 8.51. The molecule has 0 unspecified atom stereocenters. The predicted octanol–water partition coefficient (Wildman–Crippen LogP) is 4.83. The van der Waals surface area contributed by atoms with Gasteiger partial charge in [-0.25, -0.2) is 19.6 Å². The molecule has 3 aromatic rings. The highest BCUT2D eigenvalue weighted by Crippen LogP contribution is 2.45. The minimum Gasteiger partial charge on any atom is -0.493 e. The van der Waals surface area contributed by atoms with Crippen LogP contribution in [0.1, 0.15) is 71.8 Å². The third-order valence-electron chi connectivity index (χ3n) is 10.8. The van der Waals surface area contributed by atoms with E-state index in [1.807, 2.05) is 32.9 Å². The minimum atomic E-state index is -1.53. The number of pyridine rings is 1. The molecule has 0 bridgehead atoms. The second-order valence-corrected chi connectivity index (χ2v) is 16.7. The number of rotatable bonds is 11. The molecule has 7 rings (SSSR count). The van der Waals surface area contributed by atoms with Crippen LogP contribution in [0.2, 0.25) is 0 Å². The lowest BCUT2D eigenvalue weighted by molar-refractivity contribution is -0.146. The van der Waals surface area contributed by atoms with E-state index in [9.17, 15) is 29.1 Å². The molecule has 4 N–H and O–H groups in total. The molecule has 4 heterocycles. The predicted molar refractivity (Wildman–Crippen MR) is 203 cm³/mol. The number of alkyl carbamates (subject to hydrolysis) is 1. The van der Waals surface area contributed by atoms with E-state index in [1.165, 1.54) is 29.2 Å². The van der Waals surface area contributed by atoms with Gasteiger partial charge in [-0.1, -0.05) is 26.8 Å². The molecule has 16 heteroatoms. The highest BCUT2D eigenvalue weighted by atomic mass is 32.1. The lowest BCUT2D eigenvalue weighted by atomic mass is 9.85. The van der Waals surface area contributed by atoms with Crippen LogP contribution in [-0.2, 0) is 30.3 Å². The Labute approximate surface area is 322 Å². The number of nitrogens with one attached hydrogen (secondary N) is 3. The molecule has 2 aliphatic carbocycles. The maximum atomic E-state index is 14.6. The van der Waals surface area contributed by atoms with Crippen LogP contribution in [0.3, 0.4) is 0 Å². The Bertz CT molecular complexity index is 2060. The fraction of sp³-hybridized carbons (Fsp3) is 0.513. The lowest BCUT2D eigenvalue weighted by Gasteiger charge is -2.35. The number of aromatic nitrogens is 2. The highest BCUT2D eigenvalue weighted by molar-refractivity contribution is 7.14. The Morgan fingerprint density at radius 3 is 2.56 bits per heavy atom. The summed E-state index contributed by atoms with van der Waals surface area (Å²) >= 11 is 1.26. The summed E-state index contributed by atoms with van der Waals surface area (Å²) < 4.78 is 18.2. The van der Waals surface area contributed by atoms with Gasteiger partial charge < -0.3 is 40.2 Å². The van der Waals surface area contributed by atoms with Gasteiger partial charge in [0.2, 0.25) is 17.7 Å². The first-order valence-corrected chi connectivity index (χ1v) is 19.5. The van der Waals surface area contributed by atoms with Crippen molar-refractivity contribution in [2.45, 2.75) is 102 Å². The summed E-state index contributed by atoms with van der Waals surface area (Å²) in [6.07, 6.45) is 4.12. The molecular formula is C39H46N6O9S. The van der Waals surface area contributed by atoms with Crippen LogP contribution < -0.4 is 25.4 Å². The molecule has 1 saturated heterocycles. The lowest BCUT2D eigenvalue weighted by Crippen LogP contribution is -2.59. The first kappa shape index (κ1) is 38.0. The molecule has 4 amide bonds. The van der Waals surface area contributed by atoms with Crippen molar-refractivity contribution in [3.8, 4) is 22.9 Å². The number of amides is 4. The van der Waals surface area contributed by atoms with E-state index in [-0.39, 0.29) is 31.4 Å². The number of hydrogen-bond acceptors (Lipinski definition) is 11. The van der Waals surface area contributed by atoms with Crippen LogP contribution in [0, 0.1) is 11.3 Å². The summed E-state index contributed by atoms with van der Waals surface area (Å²) in [6, 6.07) is 3.25. The van der Waals surface area contributed by atoms with Crippen LogP contribution >= 0.6 is 11.3 Å². The molecule has 0 spiro atoms. The number of thiazole rings is 1. The van der Waals surface area contributed by atoms with Crippen molar-refractivity contribution in [1.29, 1.82) is 0 Å². The number of carboxylic acid groups (broad SMARTS) is 1. The SMILES string of the molecule is C=C[C@@H]1C[C@]1(NC(=O)[C@@H]1C[C@@H](Oc2cc(-c3csc(NC(C)=O)n3)nc3c4c(ccc23)OCC4)CN1C(=O)[C@@H](NC(=O)OC1CCCC1)C(C)(C)C)C(=O)O. The molecule has 1 aromatic carbocycles. The number of carbonyl (C=O) groups excluding carboxylic acids is 4. The number of likely N-dealkylation sites (tertiary alicyclic amines) is 1. The van der Waals surface area contributed by atoms with Gasteiger partial charge in [0.15, 0.2) is 5.13 Å². The van der Waals surface area contributed by atoms with Gasteiger partial charge in [-0.3, -0.25) is 14.4 Å². The number of aliphatic carboxylic acids is 1. The molecule has 2 aromatic heterocycles. The third kappa shape index (κ3) is 7.68. The normalized spacial score (nSPS) is 23.7. The van der Waals surface area contributed by atoms with Crippen molar-refractivity contribution in [2.75, 3.05) is 18.5 Å². The average Bonchev–Trinajstić information content (AvgIpc) is 3.74. The molecule has 5 atom stereocenters. The van der Waals surface area contributed by atoms with Gasteiger partial charge in [0, 0.05) is 48.1 Å². The fourth-order valence-electron chi connectivity index (χ4n) is 7.76. The first-order valence-electron chi connectivity index (χ1n) is 18.6. The first-order chi connectivity index (χ1) is 26.2. The highest BCUT2D eigenvalue weighted by Gasteiger charge is 2.61. The Balaban J connectivity index is 1.22. The zero-order valence-corrected chi connectivity index (χ0v) is 32.1. The molecule has 15 nitrogen and oxygen atoms in total. The van der Waals surface area contributed by atoms with Crippen LogP contribution in [-0.4, -0.2) is 92.7 Å². The number of carboxylic acids is 1. The third-order valence-corrected chi connectivity index (χ3v) is 11.5. The van der Waals surface area contributed by atoms with Gasteiger partial charge in [-0.15, -0.1) is 17.9 Å². The van der Waals surface area contributed by atoms with Crippen molar-refractivity contribution in [3.05, 3.63) is 41.8 Å². The summed E-state index contributed by atoms with van der Waals surface area (Å²) in [5.41, 5.74) is 0.248. The molecular weight excluding hydrogens is 729 g/mol. The van der Waals surface area contributed by atoms with Gasteiger partial charge >= 0.3 is 12.1 Å². The molecule has 292 valence electrons. The summed E-state index contributed by atoms with van der Waals surface area (Å²) in [5, 5.41) is 21.2. The number of ether oxygens (including phenoxy) is 3. The van der Waals surface area contributed by atoms with Gasteiger partial charge in [-0.2, -0.15) is 0 Å². The molecule has 2 saturated carbocycles. The number of carbonyl (C=O) groups is 5. The van der Waals surface area contributed by atoms with E-state index in [0.717, 1.165) is 31.2 Å². The van der Waals surface area contributed by atoms with Gasteiger partial charge in [0.25, 0.3) is 0 Å². The summed E-state index contributed by atoms with van der Waals surface area (Å²) in [4.78, 5) is 76.8. The van der Waals surface area contributed by atoms with Crippen LogP contribution in [0.4, 0.5) is 9.93 Å². The average molecular weight is 775 g/mol. The van der Waals surface area contributed by atoms with Crippen molar-refractivity contribution in [2.24, 2.45) is 11.3 Å².